The van der Waals surface area contributed by atoms with E-state index in [2.05, 4.69) is 10.3 Å². The summed E-state index contributed by atoms with van der Waals surface area (Å²) in [7, 11) is -3.69. The first-order valence-corrected chi connectivity index (χ1v) is 10.5. The molecular weight excluding hydrogens is 372 g/mol. The average molecular weight is 395 g/mol. The maximum Gasteiger partial charge on any atom is 0.221 e. The van der Waals surface area contributed by atoms with Crippen molar-refractivity contribution in [1.29, 1.82) is 0 Å². The molecule has 1 aromatic heterocycles. The minimum Gasteiger partial charge on any atom is -0.354 e. The number of amides is 1. The first kappa shape index (κ1) is 20.4. The van der Waals surface area contributed by atoms with Crippen molar-refractivity contribution in [3.8, 4) is 0 Å². The van der Waals surface area contributed by atoms with Crippen LogP contribution in [0.25, 0.3) is 0 Å². The summed E-state index contributed by atoms with van der Waals surface area (Å²) in [6, 6.07) is 10.3. The number of rotatable bonds is 8. The quantitative estimate of drug-likeness (QED) is 0.695. The lowest BCUT2D eigenvalue weighted by molar-refractivity contribution is -0.120. The van der Waals surface area contributed by atoms with Crippen LogP contribution in [0, 0.1) is 0 Å². The number of sulfone groups is 1. The van der Waals surface area contributed by atoms with Gasteiger partial charge in [0.05, 0.1) is 4.90 Å². The third-order valence-electron chi connectivity index (χ3n) is 4.11. The van der Waals surface area contributed by atoms with Gasteiger partial charge in [-0.15, -0.1) is 11.6 Å². The molecule has 1 heterocycles. The highest BCUT2D eigenvalue weighted by Gasteiger charge is 2.29. The highest BCUT2D eigenvalue weighted by Crippen LogP contribution is 2.29. The third-order valence-corrected chi connectivity index (χ3v) is 6.42. The number of nitrogens with zero attached hydrogens (tertiary/aromatic N) is 1. The number of hydrogen-bond acceptors (Lipinski definition) is 4. The van der Waals surface area contributed by atoms with Crippen molar-refractivity contribution in [2.45, 2.75) is 36.3 Å². The van der Waals surface area contributed by atoms with Crippen LogP contribution in [0.5, 0.6) is 0 Å². The van der Waals surface area contributed by atoms with Crippen molar-refractivity contribution in [3.05, 3.63) is 59.9 Å². The molecule has 0 aliphatic rings. The number of aromatic nitrogens is 1. The molecule has 0 radical (unpaired) electrons. The van der Waals surface area contributed by atoms with Gasteiger partial charge in [0.2, 0.25) is 5.91 Å². The maximum atomic E-state index is 13.2. The van der Waals surface area contributed by atoms with Crippen LogP contribution in [0.2, 0.25) is 0 Å². The molecule has 1 N–H and O–H groups in total. The normalized spacial score (nSPS) is 12.8. The van der Waals surface area contributed by atoms with E-state index in [0.717, 1.165) is 5.56 Å². The molecule has 2 rings (SSSR count). The molecular formula is C19H23ClN2O3S. The smallest absolute Gasteiger partial charge is 0.221 e. The van der Waals surface area contributed by atoms with Gasteiger partial charge in [-0.1, -0.05) is 32.0 Å². The Labute approximate surface area is 159 Å². The predicted octanol–water partition coefficient (Wildman–Crippen LogP) is 3.47. The molecule has 5 nitrogen and oxygen atoms in total. The Hall–Kier alpha value is -1.92. The van der Waals surface area contributed by atoms with Crippen LogP contribution in [-0.2, 0) is 14.6 Å². The summed E-state index contributed by atoms with van der Waals surface area (Å²) in [5.74, 6) is 0.224. The van der Waals surface area contributed by atoms with E-state index in [1.165, 1.54) is 6.20 Å². The first-order chi connectivity index (χ1) is 12.4. The monoisotopic (exact) mass is 394 g/mol. The van der Waals surface area contributed by atoms with Crippen molar-refractivity contribution in [2.24, 2.45) is 0 Å². The molecule has 0 spiro atoms. The SMILES string of the molecule is CC(C)c1ccc(S(=O)(=O)[C@H](CNC(=O)CCCl)c2cccnc2)cc1. The van der Waals surface area contributed by atoms with Crippen molar-refractivity contribution < 1.29 is 13.2 Å². The number of carbonyl (C=O) groups excluding carboxylic acids is 1. The van der Waals surface area contributed by atoms with E-state index >= 15 is 0 Å². The van der Waals surface area contributed by atoms with E-state index in [1.54, 1.807) is 30.5 Å². The topological polar surface area (TPSA) is 76.1 Å². The van der Waals surface area contributed by atoms with E-state index in [9.17, 15) is 13.2 Å². The van der Waals surface area contributed by atoms with E-state index in [0.29, 0.717) is 11.5 Å². The van der Waals surface area contributed by atoms with Gasteiger partial charge in [-0.25, -0.2) is 8.42 Å². The molecule has 0 aliphatic carbocycles. The molecule has 2 aromatic rings. The fourth-order valence-electron chi connectivity index (χ4n) is 2.56. The van der Waals surface area contributed by atoms with Gasteiger partial charge in [0.15, 0.2) is 9.84 Å². The van der Waals surface area contributed by atoms with E-state index in [1.807, 2.05) is 26.0 Å². The Bertz CT molecular complexity index is 822. The summed E-state index contributed by atoms with van der Waals surface area (Å²) >= 11 is 5.57. The van der Waals surface area contributed by atoms with Crippen LogP contribution in [-0.4, -0.2) is 31.7 Å². The highest BCUT2D eigenvalue weighted by atomic mass is 35.5. The minimum absolute atomic E-state index is 0.0321. The summed E-state index contributed by atoms with van der Waals surface area (Å²) in [5.41, 5.74) is 1.60. The van der Waals surface area contributed by atoms with Gasteiger partial charge >= 0.3 is 0 Å². The summed E-state index contributed by atoms with van der Waals surface area (Å²) in [6.07, 6.45) is 3.24. The largest absolute Gasteiger partial charge is 0.354 e. The second-order valence-electron chi connectivity index (χ2n) is 6.29. The summed E-state index contributed by atoms with van der Waals surface area (Å²) in [6.45, 7) is 4.07. The molecule has 1 aromatic carbocycles. The fourth-order valence-corrected chi connectivity index (χ4v) is 4.38. The van der Waals surface area contributed by atoms with E-state index in [4.69, 9.17) is 11.6 Å². The fraction of sp³-hybridized carbons (Fsp3) is 0.368. The van der Waals surface area contributed by atoms with Crippen molar-refractivity contribution >= 4 is 27.3 Å². The molecule has 1 amide bonds. The summed E-state index contributed by atoms with van der Waals surface area (Å²) in [5, 5.41) is 1.74. The molecule has 0 unspecified atom stereocenters. The van der Waals surface area contributed by atoms with Crippen LogP contribution in [0.4, 0.5) is 0 Å². The number of hydrogen-bond donors (Lipinski definition) is 1. The van der Waals surface area contributed by atoms with Crippen LogP contribution in [0.15, 0.2) is 53.7 Å². The van der Waals surface area contributed by atoms with Gasteiger partial charge in [-0.3, -0.25) is 9.78 Å². The second kappa shape index (κ2) is 9.14. The van der Waals surface area contributed by atoms with Crippen LogP contribution in [0.3, 0.4) is 0 Å². The summed E-state index contributed by atoms with van der Waals surface area (Å²) in [4.78, 5) is 16.0. The first-order valence-electron chi connectivity index (χ1n) is 8.42. The number of nitrogens with one attached hydrogen (secondary N) is 1. The Morgan fingerprint density at radius 3 is 2.38 bits per heavy atom. The van der Waals surface area contributed by atoms with Crippen LogP contribution in [0.1, 0.15) is 42.6 Å². The molecule has 0 fully saturated rings. The lowest BCUT2D eigenvalue weighted by Crippen LogP contribution is -2.32. The Balaban J connectivity index is 2.34. The zero-order valence-electron chi connectivity index (χ0n) is 14.9. The molecule has 1 atom stereocenters. The number of carbonyl (C=O) groups is 1. The minimum atomic E-state index is -3.69. The molecule has 26 heavy (non-hydrogen) atoms. The van der Waals surface area contributed by atoms with E-state index in [-0.39, 0.29) is 29.6 Å². The average Bonchev–Trinajstić information content (AvgIpc) is 2.63. The Morgan fingerprint density at radius 1 is 1.15 bits per heavy atom. The van der Waals surface area contributed by atoms with Gasteiger partial charge in [0.1, 0.15) is 5.25 Å². The lowest BCUT2D eigenvalue weighted by Gasteiger charge is -2.19. The van der Waals surface area contributed by atoms with Crippen molar-refractivity contribution in [1.82, 2.24) is 10.3 Å². The number of benzene rings is 1. The number of alkyl halides is 1. The number of halogens is 1. The van der Waals surface area contributed by atoms with Gasteiger partial charge in [0.25, 0.3) is 0 Å². The molecule has 0 saturated heterocycles. The highest BCUT2D eigenvalue weighted by molar-refractivity contribution is 7.91. The summed E-state index contributed by atoms with van der Waals surface area (Å²) < 4.78 is 26.4. The maximum absolute atomic E-state index is 13.2. The van der Waals surface area contributed by atoms with Crippen molar-refractivity contribution in [3.63, 3.8) is 0 Å². The second-order valence-corrected chi connectivity index (χ2v) is 8.80. The zero-order chi connectivity index (χ0) is 19.2. The molecule has 0 bridgehead atoms. The van der Waals surface area contributed by atoms with Crippen molar-refractivity contribution in [2.75, 3.05) is 12.4 Å². The molecule has 0 saturated carbocycles. The van der Waals surface area contributed by atoms with Gasteiger partial charge in [-0.2, -0.15) is 0 Å². The Morgan fingerprint density at radius 2 is 1.85 bits per heavy atom. The van der Waals surface area contributed by atoms with Gasteiger partial charge in [0, 0.05) is 31.2 Å². The van der Waals surface area contributed by atoms with E-state index < -0.39 is 15.1 Å². The van der Waals surface area contributed by atoms with Crippen LogP contribution < -0.4 is 5.32 Å². The number of pyridine rings is 1. The zero-order valence-corrected chi connectivity index (χ0v) is 16.4. The molecule has 0 aliphatic heterocycles. The third kappa shape index (κ3) is 5.05. The van der Waals surface area contributed by atoms with Gasteiger partial charge < -0.3 is 5.32 Å². The predicted molar refractivity (Wildman–Crippen MR) is 103 cm³/mol. The lowest BCUT2D eigenvalue weighted by atomic mass is 10.0. The standard InChI is InChI=1S/C19H23ClN2O3S/c1-14(2)15-5-7-17(8-6-15)26(24,25)18(13-22-19(23)9-10-20)16-4-3-11-21-12-16/h3-8,11-12,14,18H,9-10,13H2,1-2H3,(H,22,23)/t18-/m1/s1. The molecule has 140 valence electrons. The van der Waals surface area contributed by atoms with Crippen LogP contribution >= 0.6 is 11.6 Å². The van der Waals surface area contributed by atoms with Gasteiger partial charge in [-0.05, 0) is 35.2 Å². The molecule has 7 heteroatoms. The Kier molecular flexibility index (Phi) is 7.17.